The Labute approximate surface area is 98.7 Å². The molecule has 84 valence electrons. The van der Waals surface area contributed by atoms with Gasteiger partial charge in [-0.2, -0.15) is 0 Å². The van der Waals surface area contributed by atoms with Crippen molar-refractivity contribution in [3.05, 3.63) is 57.5 Å². The van der Waals surface area contributed by atoms with Crippen molar-refractivity contribution in [2.24, 2.45) is 5.73 Å². The fourth-order valence-electron chi connectivity index (χ4n) is 1.67. The molecule has 0 saturated carbocycles. The summed E-state index contributed by atoms with van der Waals surface area (Å²) in [5.41, 5.74) is 6.46. The van der Waals surface area contributed by atoms with Gasteiger partial charge in [-0.3, -0.25) is 0 Å². The lowest BCUT2D eigenvalue weighted by Gasteiger charge is -2.23. The Kier molecular flexibility index (Phi) is 2.82. The molecule has 1 aromatic carbocycles. The van der Waals surface area contributed by atoms with Gasteiger partial charge in [0, 0.05) is 9.75 Å². The van der Waals surface area contributed by atoms with Crippen LogP contribution in [0.15, 0.2) is 36.4 Å². The lowest BCUT2D eigenvalue weighted by atomic mass is 9.91. The number of thiophene rings is 1. The molecule has 2 N–H and O–H groups in total. The van der Waals surface area contributed by atoms with E-state index in [4.69, 9.17) is 5.73 Å². The Bertz CT molecular complexity index is 502. The van der Waals surface area contributed by atoms with Crippen LogP contribution in [0.1, 0.15) is 22.2 Å². The third-order valence-electron chi connectivity index (χ3n) is 2.68. The maximum atomic E-state index is 13.2. The van der Waals surface area contributed by atoms with E-state index < -0.39 is 5.54 Å². The van der Waals surface area contributed by atoms with E-state index in [0.29, 0.717) is 0 Å². The monoisotopic (exact) mass is 235 g/mol. The Balaban J connectivity index is 2.46. The topological polar surface area (TPSA) is 26.0 Å². The third-order valence-corrected chi connectivity index (χ3v) is 3.91. The summed E-state index contributed by atoms with van der Waals surface area (Å²) in [7, 11) is 0. The molecule has 0 spiro atoms. The smallest absolute Gasteiger partial charge is 0.123 e. The Hall–Kier alpha value is -1.19. The molecule has 0 radical (unpaired) electrons. The van der Waals surface area contributed by atoms with Gasteiger partial charge in [-0.05, 0) is 43.7 Å². The van der Waals surface area contributed by atoms with Crippen molar-refractivity contribution in [3.63, 3.8) is 0 Å². The van der Waals surface area contributed by atoms with Crippen LogP contribution in [-0.4, -0.2) is 0 Å². The first kappa shape index (κ1) is 11.3. The predicted octanol–water partition coefficient (Wildman–Crippen LogP) is 3.42. The van der Waals surface area contributed by atoms with Gasteiger partial charge in [0.05, 0.1) is 5.54 Å². The van der Waals surface area contributed by atoms with Crippen LogP contribution in [0, 0.1) is 12.7 Å². The molecule has 3 heteroatoms. The van der Waals surface area contributed by atoms with E-state index in [9.17, 15) is 4.39 Å². The molecule has 2 aromatic rings. The summed E-state index contributed by atoms with van der Waals surface area (Å²) < 4.78 is 13.2. The highest BCUT2D eigenvalue weighted by atomic mass is 32.1. The first-order valence-corrected chi connectivity index (χ1v) is 5.93. The standard InChI is InChI=1S/C13H14FNS/c1-9-6-7-12(16-9)13(2,15)10-4-3-5-11(14)8-10/h3-8H,15H2,1-2H3. The molecule has 1 unspecified atom stereocenters. The summed E-state index contributed by atoms with van der Waals surface area (Å²) in [5.74, 6) is -0.248. The molecule has 0 aliphatic rings. The number of benzene rings is 1. The van der Waals surface area contributed by atoms with Crippen LogP contribution in [0.4, 0.5) is 4.39 Å². The van der Waals surface area contributed by atoms with Gasteiger partial charge in [-0.15, -0.1) is 11.3 Å². The number of aryl methyl sites for hydroxylation is 1. The fraction of sp³-hybridized carbons (Fsp3) is 0.231. The predicted molar refractivity (Wildman–Crippen MR) is 66.1 cm³/mol. The van der Waals surface area contributed by atoms with Crippen molar-refractivity contribution in [1.29, 1.82) is 0 Å². The summed E-state index contributed by atoms with van der Waals surface area (Å²) >= 11 is 1.65. The van der Waals surface area contributed by atoms with E-state index in [1.54, 1.807) is 17.4 Å². The molecular weight excluding hydrogens is 221 g/mol. The average molecular weight is 235 g/mol. The van der Waals surface area contributed by atoms with Crippen molar-refractivity contribution in [2.75, 3.05) is 0 Å². The summed E-state index contributed by atoms with van der Waals surface area (Å²) in [4.78, 5) is 2.26. The normalized spacial score (nSPS) is 14.8. The molecule has 0 saturated heterocycles. The number of rotatable bonds is 2. The van der Waals surface area contributed by atoms with Gasteiger partial charge >= 0.3 is 0 Å². The summed E-state index contributed by atoms with van der Waals surface area (Å²) in [6.07, 6.45) is 0. The minimum atomic E-state index is -0.624. The summed E-state index contributed by atoms with van der Waals surface area (Å²) in [5, 5.41) is 0. The summed E-state index contributed by atoms with van der Waals surface area (Å²) in [6, 6.07) is 10.5. The molecule has 0 aliphatic heterocycles. The highest BCUT2D eigenvalue weighted by Crippen LogP contribution is 2.31. The molecule has 0 aliphatic carbocycles. The van der Waals surface area contributed by atoms with Crippen LogP contribution in [0.25, 0.3) is 0 Å². The number of hydrogen-bond acceptors (Lipinski definition) is 2. The highest BCUT2D eigenvalue weighted by Gasteiger charge is 2.25. The molecule has 1 nitrogen and oxygen atoms in total. The van der Waals surface area contributed by atoms with Crippen molar-refractivity contribution < 1.29 is 4.39 Å². The van der Waals surface area contributed by atoms with Gasteiger partial charge in [0.1, 0.15) is 5.82 Å². The van der Waals surface area contributed by atoms with E-state index in [0.717, 1.165) is 10.4 Å². The van der Waals surface area contributed by atoms with Crippen LogP contribution in [0.5, 0.6) is 0 Å². The van der Waals surface area contributed by atoms with Crippen LogP contribution >= 0.6 is 11.3 Å². The van der Waals surface area contributed by atoms with Gasteiger partial charge in [0.2, 0.25) is 0 Å². The second-order valence-corrected chi connectivity index (χ2v) is 5.41. The van der Waals surface area contributed by atoms with Crippen LogP contribution in [0.3, 0.4) is 0 Å². The summed E-state index contributed by atoms with van der Waals surface area (Å²) in [6.45, 7) is 3.95. The van der Waals surface area contributed by atoms with Gasteiger partial charge in [-0.1, -0.05) is 12.1 Å². The average Bonchev–Trinajstić information content (AvgIpc) is 2.65. The van der Waals surface area contributed by atoms with E-state index in [1.165, 1.54) is 17.0 Å². The molecule has 1 aromatic heterocycles. The van der Waals surface area contributed by atoms with Crippen molar-refractivity contribution in [1.82, 2.24) is 0 Å². The van der Waals surface area contributed by atoms with Gasteiger partial charge in [-0.25, -0.2) is 4.39 Å². The highest BCUT2D eigenvalue weighted by molar-refractivity contribution is 7.12. The first-order valence-electron chi connectivity index (χ1n) is 5.12. The molecule has 0 bridgehead atoms. The van der Waals surface area contributed by atoms with Gasteiger partial charge in [0.15, 0.2) is 0 Å². The van der Waals surface area contributed by atoms with Crippen LogP contribution in [-0.2, 0) is 5.54 Å². The SMILES string of the molecule is Cc1ccc(C(C)(N)c2cccc(F)c2)s1. The molecule has 16 heavy (non-hydrogen) atoms. The number of hydrogen-bond donors (Lipinski definition) is 1. The number of halogens is 1. The van der Waals surface area contributed by atoms with E-state index in [2.05, 4.69) is 0 Å². The fourth-order valence-corrected chi connectivity index (χ4v) is 2.62. The Morgan fingerprint density at radius 2 is 2.00 bits per heavy atom. The molecular formula is C13H14FNS. The molecule has 1 heterocycles. The van der Waals surface area contributed by atoms with Crippen molar-refractivity contribution >= 4 is 11.3 Å². The molecule has 1 atom stereocenters. The minimum absolute atomic E-state index is 0.248. The van der Waals surface area contributed by atoms with Crippen LogP contribution < -0.4 is 5.73 Å². The quantitative estimate of drug-likeness (QED) is 0.848. The van der Waals surface area contributed by atoms with Gasteiger partial charge < -0.3 is 5.73 Å². The second-order valence-electron chi connectivity index (χ2n) is 4.12. The second kappa shape index (κ2) is 4.00. The van der Waals surface area contributed by atoms with Crippen LogP contribution in [0.2, 0.25) is 0 Å². The molecule has 0 fully saturated rings. The van der Waals surface area contributed by atoms with E-state index in [-0.39, 0.29) is 5.82 Å². The zero-order valence-corrected chi connectivity index (χ0v) is 10.1. The van der Waals surface area contributed by atoms with E-state index >= 15 is 0 Å². The van der Waals surface area contributed by atoms with Crippen molar-refractivity contribution in [3.8, 4) is 0 Å². The zero-order valence-electron chi connectivity index (χ0n) is 9.33. The minimum Gasteiger partial charge on any atom is -0.317 e. The molecule has 0 amide bonds. The van der Waals surface area contributed by atoms with E-state index in [1.807, 2.05) is 32.0 Å². The first-order chi connectivity index (χ1) is 7.50. The van der Waals surface area contributed by atoms with Gasteiger partial charge in [0.25, 0.3) is 0 Å². The Morgan fingerprint density at radius 3 is 2.56 bits per heavy atom. The maximum absolute atomic E-state index is 13.2. The lowest BCUT2D eigenvalue weighted by molar-refractivity contribution is 0.589. The lowest BCUT2D eigenvalue weighted by Crippen LogP contribution is -2.33. The number of nitrogens with two attached hydrogens (primary N) is 1. The Morgan fingerprint density at radius 1 is 1.25 bits per heavy atom. The maximum Gasteiger partial charge on any atom is 0.123 e. The van der Waals surface area contributed by atoms with Crippen molar-refractivity contribution in [2.45, 2.75) is 19.4 Å². The zero-order chi connectivity index (χ0) is 11.8. The largest absolute Gasteiger partial charge is 0.317 e. The third kappa shape index (κ3) is 2.01. The molecule has 2 rings (SSSR count).